The molecule has 3 aromatic heterocycles. The first-order chi connectivity index (χ1) is 8.92. The Morgan fingerprint density at radius 1 is 1.11 bits per heavy atom. The third-order valence-electron chi connectivity index (χ3n) is 2.64. The van der Waals surface area contributed by atoms with Crippen molar-refractivity contribution in [1.82, 2.24) is 29.9 Å². The van der Waals surface area contributed by atoms with Crippen LogP contribution in [0.3, 0.4) is 0 Å². The van der Waals surface area contributed by atoms with E-state index in [1.807, 2.05) is 6.20 Å². The van der Waals surface area contributed by atoms with E-state index in [9.17, 15) is 0 Å². The summed E-state index contributed by atoms with van der Waals surface area (Å²) in [5.74, 6) is 0.610. The molecule has 0 fully saturated rings. The van der Waals surface area contributed by atoms with Crippen LogP contribution in [0, 0.1) is 0 Å². The number of fused-ring (bicyclic) bond motifs is 1. The molecule has 0 atom stereocenters. The fourth-order valence-corrected chi connectivity index (χ4v) is 1.72. The topological polar surface area (TPSA) is 95.2 Å². The fourth-order valence-electron chi connectivity index (χ4n) is 1.72. The van der Waals surface area contributed by atoms with Gasteiger partial charge in [-0.2, -0.15) is 4.98 Å². The molecule has 0 radical (unpaired) electrons. The molecule has 0 unspecified atom stereocenters. The van der Waals surface area contributed by atoms with Gasteiger partial charge in [-0.25, -0.2) is 15.0 Å². The number of imidazole rings is 2. The van der Waals surface area contributed by atoms with Crippen molar-refractivity contribution in [2.45, 2.75) is 12.8 Å². The summed E-state index contributed by atoms with van der Waals surface area (Å²) in [6.45, 7) is 0.814. The molecular weight excluding hydrogens is 230 g/mol. The van der Waals surface area contributed by atoms with Crippen LogP contribution in [0.2, 0.25) is 0 Å². The Labute approximate surface area is 103 Å². The van der Waals surface area contributed by atoms with Crippen LogP contribution < -0.4 is 5.32 Å². The Morgan fingerprint density at radius 2 is 2.11 bits per heavy atom. The second-order valence-corrected chi connectivity index (χ2v) is 3.94. The summed E-state index contributed by atoms with van der Waals surface area (Å²) in [5, 5.41) is 3.18. The first kappa shape index (κ1) is 10.7. The van der Waals surface area contributed by atoms with Crippen molar-refractivity contribution >= 4 is 17.1 Å². The summed E-state index contributed by atoms with van der Waals surface area (Å²) in [7, 11) is 0. The maximum atomic E-state index is 4.29. The SMILES string of the molecule is c1ncc(CCCNc2ncc3[nH]cnc3n2)[nH]1. The molecule has 3 aromatic rings. The smallest absolute Gasteiger partial charge is 0.224 e. The van der Waals surface area contributed by atoms with Gasteiger partial charge in [0.05, 0.1) is 18.9 Å². The molecule has 0 saturated carbocycles. The van der Waals surface area contributed by atoms with E-state index in [4.69, 9.17) is 0 Å². The molecular formula is C11H13N7. The molecule has 92 valence electrons. The predicted octanol–water partition coefficient (Wildman–Crippen LogP) is 1.12. The molecule has 7 nitrogen and oxygen atoms in total. The van der Waals surface area contributed by atoms with Gasteiger partial charge in [-0.1, -0.05) is 0 Å². The lowest BCUT2D eigenvalue weighted by atomic mass is 10.2. The molecule has 0 spiro atoms. The molecule has 0 aliphatic heterocycles. The maximum absolute atomic E-state index is 4.29. The van der Waals surface area contributed by atoms with Gasteiger partial charge in [-0.3, -0.25) is 0 Å². The lowest BCUT2D eigenvalue weighted by molar-refractivity contribution is 0.835. The van der Waals surface area contributed by atoms with E-state index in [1.165, 1.54) is 0 Å². The van der Waals surface area contributed by atoms with Crippen molar-refractivity contribution in [2.24, 2.45) is 0 Å². The van der Waals surface area contributed by atoms with Gasteiger partial charge in [-0.05, 0) is 12.8 Å². The maximum Gasteiger partial charge on any atom is 0.224 e. The van der Waals surface area contributed by atoms with E-state index in [0.717, 1.165) is 30.6 Å². The van der Waals surface area contributed by atoms with Crippen LogP contribution in [0.25, 0.3) is 11.2 Å². The average Bonchev–Trinajstić information content (AvgIpc) is 3.05. The highest BCUT2D eigenvalue weighted by atomic mass is 15.1. The largest absolute Gasteiger partial charge is 0.354 e. The molecule has 0 amide bonds. The third-order valence-corrected chi connectivity index (χ3v) is 2.64. The van der Waals surface area contributed by atoms with Crippen LogP contribution in [-0.4, -0.2) is 36.4 Å². The number of aromatic amines is 2. The zero-order chi connectivity index (χ0) is 12.2. The minimum absolute atomic E-state index is 0.610. The summed E-state index contributed by atoms with van der Waals surface area (Å²) in [6.07, 6.45) is 8.82. The van der Waals surface area contributed by atoms with Crippen LogP contribution in [0.15, 0.2) is 25.0 Å². The highest BCUT2D eigenvalue weighted by Gasteiger charge is 2.01. The standard InChI is InChI=1S/C11H13N7/c1(2-8-4-12-6-15-8)3-13-11-14-5-9-10(18-11)17-7-16-9/h4-7H,1-3H2,(H,12,15)(H2,13,14,16,17,18). The Kier molecular flexibility index (Phi) is 2.87. The van der Waals surface area contributed by atoms with Crippen LogP contribution in [0.1, 0.15) is 12.1 Å². The van der Waals surface area contributed by atoms with E-state index in [1.54, 1.807) is 18.9 Å². The van der Waals surface area contributed by atoms with Crippen LogP contribution in [-0.2, 0) is 6.42 Å². The number of hydrogen-bond donors (Lipinski definition) is 3. The number of nitrogens with one attached hydrogen (secondary N) is 3. The van der Waals surface area contributed by atoms with Crippen molar-refractivity contribution in [3.8, 4) is 0 Å². The van der Waals surface area contributed by atoms with Crippen molar-refractivity contribution in [1.29, 1.82) is 0 Å². The Morgan fingerprint density at radius 3 is 3.00 bits per heavy atom. The van der Waals surface area contributed by atoms with Gasteiger partial charge in [0.25, 0.3) is 0 Å². The van der Waals surface area contributed by atoms with Gasteiger partial charge in [0.2, 0.25) is 5.95 Å². The predicted molar refractivity (Wildman–Crippen MR) is 67.1 cm³/mol. The molecule has 0 bridgehead atoms. The Hall–Kier alpha value is -2.44. The Balaban J connectivity index is 1.53. The monoisotopic (exact) mass is 243 g/mol. The number of rotatable bonds is 5. The van der Waals surface area contributed by atoms with Gasteiger partial charge in [0, 0.05) is 18.4 Å². The molecule has 3 rings (SSSR count). The van der Waals surface area contributed by atoms with Gasteiger partial charge in [0.15, 0.2) is 5.65 Å². The van der Waals surface area contributed by atoms with Crippen molar-refractivity contribution in [3.05, 3.63) is 30.7 Å². The first-order valence-electron chi connectivity index (χ1n) is 5.79. The molecule has 3 heterocycles. The van der Waals surface area contributed by atoms with Crippen LogP contribution >= 0.6 is 0 Å². The minimum atomic E-state index is 0.610. The first-order valence-corrected chi connectivity index (χ1v) is 5.79. The normalized spacial score (nSPS) is 10.9. The fraction of sp³-hybridized carbons (Fsp3) is 0.273. The van der Waals surface area contributed by atoms with Crippen LogP contribution in [0.4, 0.5) is 5.95 Å². The van der Waals surface area contributed by atoms with E-state index < -0.39 is 0 Å². The van der Waals surface area contributed by atoms with Crippen molar-refractivity contribution in [3.63, 3.8) is 0 Å². The van der Waals surface area contributed by atoms with Gasteiger partial charge in [0.1, 0.15) is 5.52 Å². The summed E-state index contributed by atoms with van der Waals surface area (Å²) in [6, 6.07) is 0. The van der Waals surface area contributed by atoms with E-state index in [0.29, 0.717) is 11.6 Å². The summed E-state index contributed by atoms with van der Waals surface area (Å²) in [4.78, 5) is 22.6. The van der Waals surface area contributed by atoms with E-state index >= 15 is 0 Å². The minimum Gasteiger partial charge on any atom is -0.354 e. The van der Waals surface area contributed by atoms with Crippen LogP contribution in [0.5, 0.6) is 0 Å². The van der Waals surface area contributed by atoms with Gasteiger partial charge >= 0.3 is 0 Å². The number of hydrogen-bond acceptors (Lipinski definition) is 5. The lowest BCUT2D eigenvalue weighted by Crippen LogP contribution is -2.06. The van der Waals surface area contributed by atoms with Gasteiger partial charge < -0.3 is 15.3 Å². The van der Waals surface area contributed by atoms with Gasteiger partial charge in [-0.15, -0.1) is 0 Å². The zero-order valence-electron chi connectivity index (χ0n) is 9.72. The highest BCUT2D eigenvalue weighted by molar-refractivity contribution is 5.69. The quantitative estimate of drug-likeness (QED) is 0.584. The summed E-state index contributed by atoms with van der Waals surface area (Å²) in [5.41, 5.74) is 2.67. The van der Waals surface area contributed by atoms with E-state index in [2.05, 4.69) is 35.2 Å². The van der Waals surface area contributed by atoms with Crippen molar-refractivity contribution in [2.75, 3.05) is 11.9 Å². The second-order valence-electron chi connectivity index (χ2n) is 3.94. The molecule has 7 heteroatoms. The molecule has 0 saturated heterocycles. The number of aryl methyl sites for hydroxylation is 1. The lowest BCUT2D eigenvalue weighted by Gasteiger charge is -2.03. The number of nitrogens with zero attached hydrogens (tertiary/aromatic N) is 4. The molecule has 0 aliphatic rings. The highest BCUT2D eigenvalue weighted by Crippen LogP contribution is 2.07. The number of aromatic nitrogens is 6. The van der Waals surface area contributed by atoms with Crippen molar-refractivity contribution < 1.29 is 0 Å². The third kappa shape index (κ3) is 2.29. The summed E-state index contributed by atoms with van der Waals surface area (Å²) < 4.78 is 0. The number of H-pyrrole nitrogens is 2. The number of anilines is 1. The zero-order valence-corrected chi connectivity index (χ0v) is 9.72. The molecule has 18 heavy (non-hydrogen) atoms. The molecule has 0 aromatic carbocycles. The molecule has 0 aliphatic carbocycles. The second kappa shape index (κ2) is 4.82. The average molecular weight is 243 g/mol. The molecule has 3 N–H and O–H groups in total. The summed E-state index contributed by atoms with van der Waals surface area (Å²) >= 11 is 0. The Bertz CT molecular complexity index is 613. The van der Waals surface area contributed by atoms with E-state index in [-0.39, 0.29) is 0 Å².